The maximum atomic E-state index is 5.65. The van der Waals surface area contributed by atoms with Gasteiger partial charge in [0.2, 0.25) is 0 Å². The zero-order valence-electron chi connectivity index (χ0n) is 13.2. The molecule has 0 amide bonds. The Balaban J connectivity index is 1.64. The summed E-state index contributed by atoms with van der Waals surface area (Å²) in [6.45, 7) is 3.65. The van der Waals surface area contributed by atoms with Crippen LogP contribution in [0, 0.1) is 5.92 Å². The fraction of sp³-hybridized carbons (Fsp3) is 1.00. The molecule has 0 aromatic carbocycles. The van der Waals surface area contributed by atoms with Crippen LogP contribution in [-0.2, 0) is 4.74 Å². The van der Waals surface area contributed by atoms with Crippen molar-refractivity contribution in [2.24, 2.45) is 5.92 Å². The predicted molar refractivity (Wildman–Crippen MR) is 83.0 cm³/mol. The molecule has 1 saturated heterocycles. The Morgan fingerprint density at radius 2 is 1.85 bits per heavy atom. The largest absolute Gasteiger partial charge is 0.381 e. The first-order valence-electron chi connectivity index (χ1n) is 8.87. The molecule has 3 nitrogen and oxygen atoms in total. The van der Waals surface area contributed by atoms with Crippen molar-refractivity contribution in [3.63, 3.8) is 0 Å². The van der Waals surface area contributed by atoms with Gasteiger partial charge in [0.15, 0.2) is 0 Å². The monoisotopic (exact) mass is 280 g/mol. The van der Waals surface area contributed by atoms with Crippen LogP contribution in [-0.4, -0.2) is 49.8 Å². The van der Waals surface area contributed by atoms with Crippen molar-refractivity contribution in [1.82, 2.24) is 10.2 Å². The van der Waals surface area contributed by atoms with Crippen LogP contribution in [0.4, 0.5) is 0 Å². The number of hydrogen-bond donors (Lipinski definition) is 1. The van der Waals surface area contributed by atoms with Crippen LogP contribution in [0.25, 0.3) is 0 Å². The summed E-state index contributed by atoms with van der Waals surface area (Å²) in [5.74, 6) is 0.944. The molecular weight excluding hydrogens is 248 g/mol. The highest BCUT2D eigenvalue weighted by atomic mass is 16.5. The van der Waals surface area contributed by atoms with Crippen molar-refractivity contribution in [3.05, 3.63) is 0 Å². The fourth-order valence-corrected chi connectivity index (χ4v) is 4.79. The van der Waals surface area contributed by atoms with Gasteiger partial charge in [-0.2, -0.15) is 0 Å². The summed E-state index contributed by atoms with van der Waals surface area (Å²) in [5.41, 5.74) is 0. The lowest BCUT2D eigenvalue weighted by Gasteiger charge is -2.48. The summed E-state index contributed by atoms with van der Waals surface area (Å²) in [5, 5.41) is 3.65. The van der Waals surface area contributed by atoms with E-state index < -0.39 is 0 Å². The van der Waals surface area contributed by atoms with Gasteiger partial charge in [0.05, 0.1) is 6.10 Å². The van der Waals surface area contributed by atoms with Crippen LogP contribution in [0.5, 0.6) is 0 Å². The lowest BCUT2D eigenvalue weighted by atomic mass is 9.80. The molecule has 0 radical (unpaired) electrons. The number of hydrogen-bond acceptors (Lipinski definition) is 3. The first-order valence-corrected chi connectivity index (χ1v) is 8.87. The number of methoxy groups -OCH3 is 1. The van der Waals surface area contributed by atoms with Crippen molar-refractivity contribution in [2.45, 2.75) is 76.0 Å². The van der Waals surface area contributed by atoms with Crippen molar-refractivity contribution in [2.75, 3.05) is 26.7 Å². The summed E-state index contributed by atoms with van der Waals surface area (Å²) in [6, 6.07) is 1.58. The van der Waals surface area contributed by atoms with Gasteiger partial charge in [0.25, 0.3) is 0 Å². The van der Waals surface area contributed by atoms with Gasteiger partial charge < -0.3 is 10.1 Å². The third kappa shape index (κ3) is 3.37. The molecule has 0 aromatic heterocycles. The molecule has 20 heavy (non-hydrogen) atoms. The Kier molecular flexibility index (Phi) is 5.36. The lowest BCUT2D eigenvalue weighted by molar-refractivity contribution is -0.00935. The molecule has 1 N–H and O–H groups in total. The first-order chi connectivity index (χ1) is 9.88. The Bertz CT molecular complexity index is 291. The smallest absolute Gasteiger partial charge is 0.0586 e. The second-order valence-electron chi connectivity index (χ2n) is 7.09. The molecule has 3 fully saturated rings. The highest BCUT2D eigenvalue weighted by Gasteiger charge is 2.36. The molecule has 0 spiro atoms. The SMILES string of the molecule is COC1CCCC(N2CCNCC2C2CCCCC2)C1. The number of nitrogens with zero attached hydrogens (tertiary/aromatic N) is 1. The fourth-order valence-electron chi connectivity index (χ4n) is 4.79. The minimum atomic E-state index is 0.510. The minimum absolute atomic E-state index is 0.510. The van der Waals surface area contributed by atoms with Gasteiger partial charge in [-0.15, -0.1) is 0 Å². The average Bonchev–Trinajstić information content (AvgIpc) is 2.56. The number of nitrogens with one attached hydrogen (secondary N) is 1. The number of ether oxygens (including phenoxy) is 1. The first kappa shape index (κ1) is 14.8. The zero-order valence-corrected chi connectivity index (χ0v) is 13.2. The second kappa shape index (κ2) is 7.24. The van der Waals surface area contributed by atoms with E-state index in [1.54, 1.807) is 0 Å². The molecule has 3 atom stereocenters. The topological polar surface area (TPSA) is 24.5 Å². The molecule has 116 valence electrons. The molecule has 3 unspecified atom stereocenters. The third-order valence-corrected chi connectivity index (χ3v) is 5.92. The Hall–Kier alpha value is -0.120. The van der Waals surface area contributed by atoms with E-state index in [1.165, 1.54) is 77.4 Å². The molecule has 1 aliphatic heterocycles. The molecule has 2 aliphatic carbocycles. The molecule has 3 aliphatic rings. The van der Waals surface area contributed by atoms with E-state index in [-0.39, 0.29) is 0 Å². The van der Waals surface area contributed by atoms with Gasteiger partial charge in [-0.25, -0.2) is 0 Å². The summed E-state index contributed by atoms with van der Waals surface area (Å²) < 4.78 is 5.65. The van der Waals surface area contributed by atoms with Crippen LogP contribution in [0.3, 0.4) is 0 Å². The zero-order chi connectivity index (χ0) is 13.8. The number of piperazine rings is 1. The van der Waals surface area contributed by atoms with Gasteiger partial charge in [0.1, 0.15) is 0 Å². The Labute approximate surface area is 124 Å². The highest BCUT2D eigenvalue weighted by molar-refractivity contribution is 4.92. The normalized spacial score (nSPS) is 38.0. The minimum Gasteiger partial charge on any atom is -0.381 e. The molecule has 2 saturated carbocycles. The van der Waals surface area contributed by atoms with Crippen LogP contribution in [0.2, 0.25) is 0 Å². The van der Waals surface area contributed by atoms with E-state index in [9.17, 15) is 0 Å². The maximum Gasteiger partial charge on any atom is 0.0586 e. The molecule has 0 aromatic rings. The van der Waals surface area contributed by atoms with E-state index in [0.29, 0.717) is 6.10 Å². The summed E-state index contributed by atoms with van der Waals surface area (Å²) in [6.07, 6.45) is 13.1. The maximum absolute atomic E-state index is 5.65. The van der Waals surface area contributed by atoms with Crippen LogP contribution >= 0.6 is 0 Å². The molecule has 0 bridgehead atoms. The van der Waals surface area contributed by atoms with Gasteiger partial charge in [-0.1, -0.05) is 19.3 Å². The van der Waals surface area contributed by atoms with E-state index in [2.05, 4.69) is 10.2 Å². The Morgan fingerprint density at radius 1 is 1.00 bits per heavy atom. The molecule has 3 heteroatoms. The van der Waals surface area contributed by atoms with Crippen molar-refractivity contribution in [3.8, 4) is 0 Å². The van der Waals surface area contributed by atoms with Gasteiger partial charge in [-0.3, -0.25) is 4.90 Å². The van der Waals surface area contributed by atoms with Gasteiger partial charge in [0, 0.05) is 38.8 Å². The summed E-state index contributed by atoms with van der Waals surface area (Å²) >= 11 is 0. The third-order valence-electron chi connectivity index (χ3n) is 5.92. The molecular formula is C17H32N2O. The lowest BCUT2D eigenvalue weighted by Crippen LogP contribution is -2.59. The number of rotatable bonds is 3. The van der Waals surface area contributed by atoms with Crippen LogP contribution in [0.15, 0.2) is 0 Å². The van der Waals surface area contributed by atoms with E-state index in [1.807, 2.05) is 7.11 Å². The van der Waals surface area contributed by atoms with E-state index in [0.717, 1.165) is 18.0 Å². The van der Waals surface area contributed by atoms with Crippen LogP contribution in [0.1, 0.15) is 57.8 Å². The van der Waals surface area contributed by atoms with Crippen molar-refractivity contribution >= 4 is 0 Å². The van der Waals surface area contributed by atoms with Crippen LogP contribution < -0.4 is 5.32 Å². The van der Waals surface area contributed by atoms with E-state index in [4.69, 9.17) is 4.74 Å². The predicted octanol–water partition coefficient (Wildman–Crippen LogP) is 2.80. The van der Waals surface area contributed by atoms with Crippen molar-refractivity contribution in [1.29, 1.82) is 0 Å². The Morgan fingerprint density at radius 3 is 2.65 bits per heavy atom. The summed E-state index contributed by atoms with van der Waals surface area (Å²) in [4.78, 5) is 2.87. The highest BCUT2D eigenvalue weighted by Crippen LogP contribution is 2.33. The average molecular weight is 280 g/mol. The van der Waals surface area contributed by atoms with Crippen molar-refractivity contribution < 1.29 is 4.74 Å². The standard InChI is InChI=1S/C17H32N2O/c1-20-16-9-5-8-15(12-16)19-11-10-18-13-17(19)14-6-3-2-4-7-14/h14-18H,2-13H2,1H3. The summed E-state index contributed by atoms with van der Waals surface area (Å²) in [7, 11) is 1.89. The van der Waals surface area contributed by atoms with Gasteiger partial charge >= 0.3 is 0 Å². The molecule has 3 rings (SSSR count). The molecule has 1 heterocycles. The van der Waals surface area contributed by atoms with E-state index >= 15 is 0 Å². The quantitative estimate of drug-likeness (QED) is 0.860. The van der Waals surface area contributed by atoms with Gasteiger partial charge in [-0.05, 0) is 44.4 Å². The second-order valence-corrected chi connectivity index (χ2v) is 7.09.